The average molecular weight is 246 g/mol. The summed E-state index contributed by atoms with van der Waals surface area (Å²) in [4.78, 5) is 3.28. The summed E-state index contributed by atoms with van der Waals surface area (Å²) >= 11 is 0. The van der Waals surface area contributed by atoms with Crippen molar-refractivity contribution in [3.63, 3.8) is 0 Å². The van der Waals surface area contributed by atoms with E-state index in [9.17, 15) is 13.2 Å². The number of alkyl halides is 3. The number of aromatic nitrogens is 3. The maximum Gasteiger partial charge on any atom is 0.453 e. The van der Waals surface area contributed by atoms with Crippen molar-refractivity contribution in [1.82, 2.24) is 20.1 Å². The Kier molecular flexibility index (Phi) is 2.23. The highest BCUT2D eigenvalue weighted by Crippen LogP contribution is 2.48. The van der Waals surface area contributed by atoms with Crippen LogP contribution >= 0.6 is 0 Å². The van der Waals surface area contributed by atoms with Gasteiger partial charge in [-0.15, -0.1) is 5.10 Å². The van der Waals surface area contributed by atoms with E-state index < -0.39 is 12.0 Å². The zero-order valence-electron chi connectivity index (χ0n) is 9.17. The van der Waals surface area contributed by atoms with Crippen LogP contribution in [0.15, 0.2) is 6.33 Å². The second-order valence-corrected chi connectivity index (χ2v) is 5.17. The summed E-state index contributed by atoms with van der Waals surface area (Å²) in [5, 5.41) is 6.69. The van der Waals surface area contributed by atoms with Crippen LogP contribution in [0, 0.1) is 11.3 Å². The van der Waals surface area contributed by atoms with E-state index in [1.807, 2.05) is 0 Å². The van der Waals surface area contributed by atoms with E-state index in [-0.39, 0.29) is 0 Å². The summed E-state index contributed by atoms with van der Waals surface area (Å²) < 4.78 is 38.1. The molecule has 94 valence electrons. The lowest BCUT2D eigenvalue weighted by atomic mass is 9.58. The number of nitrogens with zero attached hydrogens (tertiary/aromatic N) is 3. The molecule has 2 heterocycles. The van der Waals surface area contributed by atoms with Crippen molar-refractivity contribution < 1.29 is 13.2 Å². The van der Waals surface area contributed by atoms with Gasteiger partial charge in [0, 0.05) is 19.6 Å². The van der Waals surface area contributed by atoms with E-state index >= 15 is 0 Å². The molecule has 0 amide bonds. The lowest BCUT2D eigenvalue weighted by Crippen LogP contribution is -2.60. The van der Waals surface area contributed by atoms with Crippen LogP contribution < -0.4 is 5.32 Å². The van der Waals surface area contributed by atoms with Gasteiger partial charge in [-0.05, 0) is 24.2 Å². The van der Waals surface area contributed by atoms with Crippen molar-refractivity contribution >= 4 is 0 Å². The van der Waals surface area contributed by atoms with Gasteiger partial charge in [0.05, 0.1) is 0 Å². The highest BCUT2D eigenvalue weighted by Gasteiger charge is 2.48. The molecular weight excluding hydrogens is 233 g/mol. The number of hydrogen-bond acceptors (Lipinski definition) is 3. The standard InChI is InChI=1S/C10H13F3N4/c11-10(12,13)8-15-6-17(16-8)3-7-1-9(2-7)4-14-5-9/h6-7,14H,1-5H2. The van der Waals surface area contributed by atoms with Crippen LogP contribution in [0.4, 0.5) is 13.2 Å². The van der Waals surface area contributed by atoms with Crippen molar-refractivity contribution in [2.24, 2.45) is 11.3 Å². The Hall–Kier alpha value is -1.11. The van der Waals surface area contributed by atoms with Gasteiger partial charge in [-0.3, -0.25) is 4.68 Å². The first-order chi connectivity index (χ1) is 7.97. The van der Waals surface area contributed by atoms with Gasteiger partial charge in [0.1, 0.15) is 6.33 Å². The number of nitrogens with one attached hydrogen (secondary N) is 1. The molecule has 0 aromatic carbocycles. The van der Waals surface area contributed by atoms with Crippen LogP contribution in [0.3, 0.4) is 0 Å². The van der Waals surface area contributed by atoms with Crippen LogP contribution in [0.1, 0.15) is 18.7 Å². The van der Waals surface area contributed by atoms with E-state index in [1.165, 1.54) is 11.0 Å². The molecule has 0 unspecified atom stereocenters. The molecule has 2 aliphatic rings. The third kappa shape index (κ3) is 1.92. The summed E-state index contributed by atoms with van der Waals surface area (Å²) in [5.41, 5.74) is 0.443. The van der Waals surface area contributed by atoms with Crippen molar-refractivity contribution in [2.45, 2.75) is 25.6 Å². The fourth-order valence-corrected chi connectivity index (χ4v) is 2.84. The Morgan fingerprint density at radius 2 is 2.12 bits per heavy atom. The number of halogens is 3. The summed E-state index contributed by atoms with van der Waals surface area (Å²) in [7, 11) is 0. The molecule has 3 rings (SSSR count). The fourth-order valence-electron chi connectivity index (χ4n) is 2.84. The second kappa shape index (κ2) is 3.44. The van der Waals surface area contributed by atoms with Gasteiger partial charge in [-0.2, -0.15) is 13.2 Å². The second-order valence-electron chi connectivity index (χ2n) is 5.17. The van der Waals surface area contributed by atoms with Gasteiger partial charge in [0.15, 0.2) is 0 Å². The van der Waals surface area contributed by atoms with E-state index in [0.717, 1.165) is 25.9 Å². The van der Waals surface area contributed by atoms with Crippen LogP contribution in [0.25, 0.3) is 0 Å². The monoisotopic (exact) mass is 246 g/mol. The Labute approximate surface area is 96.2 Å². The van der Waals surface area contributed by atoms with Crippen LogP contribution in [0.2, 0.25) is 0 Å². The largest absolute Gasteiger partial charge is 0.453 e. The van der Waals surface area contributed by atoms with Gasteiger partial charge < -0.3 is 5.32 Å². The molecule has 2 fully saturated rings. The molecule has 0 radical (unpaired) electrons. The Morgan fingerprint density at radius 3 is 2.59 bits per heavy atom. The van der Waals surface area contributed by atoms with Crippen LogP contribution in [0.5, 0.6) is 0 Å². The molecule has 1 saturated heterocycles. The first-order valence-electron chi connectivity index (χ1n) is 5.64. The molecule has 17 heavy (non-hydrogen) atoms. The van der Waals surface area contributed by atoms with Gasteiger partial charge in [0.25, 0.3) is 5.82 Å². The third-order valence-corrected chi connectivity index (χ3v) is 3.68. The number of hydrogen-bond donors (Lipinski definition) is 1. The lowest BCUT2D eigenvalue weighted by Gasteiger charge is -2.54. The summed E-state index contributed by atoms with van der Waals surface area (Å²) in [6.45, 7) is 2.65. The molecule has 1 aliphatic carbocycles. The Morgan fingerprint density at radius 1 is 1.41 bits per heavy atom. The minimum absolute atomic E-state index is 0.443. The Balaban J connectivity index is 1.57. The molecule has 1 aromatic rings. The smallest absolute Gasteiger partial charge is 0.316 e. The van der Waals surface area contributed by atoms with Gasteiger partial charge in [0.2, 0.25) is 0 Å². The average Bonchev–Trinajstić information content (AvgIpc) is 2.54. The van der Waals surface area contributed by atoms with Crippen molar-refractivity contribution in [3.05, 3.63) is 12.2 Å². The molecule has 1 aliphatic heterocycles. The van der Waals surface area contributed by atoms with Gasteiger partial charge in [-0.25, -0.2) is 4.98 Å². The summed E-state index contributed by atoms with van der Waals surface area (Å²) in [6, 6.07) is 0. The van der Waals surface area contributed by atoms with E-state index in [0.29, 0.717) is 17.9 Å². The first-order valence-corrected chi connectivity index (χ1v) is 5.64. The minimum atomic E-state index is -4.44. The normalized spacial score (nSPS) is 23.5. The highest BCUT2D eigenvalue weighted by atomic mass is 19.4. The van der Waals surface area contributed by atoms with Crippen molar-refractivity contribution in [3.8, 4) is 0 Å². The predicted octanol–water partition coefficient (Wildman–Crippen LogP) is 1.30. The molecule has 0 bridgehead atoms. The van der Waals surface area contributed by atoms with E-state index in [1.54, 1.807) is 0 Å². The quantitative estimate of drug-likeness (QED) is 0.855. The molecule has 1 spiro atoms. The van der Waals surface area contributed by atoms with Crippen molar-refractivity contribution in [1.29, 1.82) is 0 Å². The highest BCUT2D eigenvalue weighted by molar-refractivity contribution is 5.02. The van der Waals surface area contributed by atoms with E-state index in [2.05, 4.69) is 15.4 Å². The SMILES string of the molecule is FC(F)(F)c1ncn(CC2CC3(CNC3)C2)n1. The maximum atomic E-state index is 12.3. The zero-order valence-corrected chi connectivity index (χ0v) is 9.17. The predicted molar refractivity (Wildman–Crippen MR) is 53.1 cm³/mol. The lowest BCUT2D eigenvalue weighted by molar-refractivity contribution is -0.145. The maximum absolute atomic E-state index is 12.3. The van der Waals surface area contributed by atoms with Gasteiger partial charge >= 0.3 is 6.18 Å². The molecule has 4 nitrogen and oxygen atoms in total. The third-order valence-electron chi connectivity index (χ3n) is 3.68. The van der Waals surface area contributed by atoms with Crippen LogP contribution in [-0.4, -0.2) is 27.9 Å². The molecule has 1 aromatic heterocycles. The fraction of sp³-hybridized carbons (Fsp3) is 0.800. The van der Waals surface area contributed by atoms with Gasteiger partial charge in [-0.1, -0.05) is 0 Å². The Bertz CT molecular complexity index is 413. The summed E-state index contributed by atoms with van der Waals surface area (Å²) in [5.74, 6) is -0.600. The zero-order chi connectivity index (χ0) is 12.1. The molecule has 7 heteroatoms. The molecule has 0 atom stereocenters. The van der Waals surface area contributed by atoms with Crippen LogP contribution in [-0.2, 0) is 12.7 Å². The molecule has 1 saturated carbocycles. The summed E-state index contributed by atoms with van der Waals surface area (Å²) in [6.07, 6.45) is -1.10. The molecule has 1 N–H and O–H groups in total. The minimum Gasteiger partial charge on any atom is -0.316 e. The van der Waals surface area contributed by atoms with E-state index in [4.69, 9.17) is 0 Å². The first kappa shape index (κ1) is 11.0. The van der Waals surface area contributed by atoms with Crippen molar-refractivity contribution in [2.75, 3.05) is 13.1 Å². The molecular formula is C10H13F3N4. The topological polar surface area (TPSA) is 42.7 Å². The number of rotatable bonds is 2.